The second-order valence-electron chi connectivity index (χ2n) is 5.11. The fraction of sp³-hybridized carbons (Fsp3) is 0.333. The summed E-state index contributed by atoms with van der Waals surface area (Å²) in [7, 11) is 4.92. The zero-order valence-electron chi connectivity index (χ0n) is 13.3. The lowest BCUT2D eigenvalue weighted by Gasteiger charge is -2.15. The molecule has 0 amide bonds. The molecule has 1 atom stereocenters. The van der Waals surface area contributed by atoms with Crippen LogP contribution in [-0.4, -0.2) is 21.3 Å². The molecule has 0 bridgehead atoms. The standard InChI is InChI=1S/C18H23NO3/c1-20-15-8-4-13(5-9-15)6-10-16(19)14-7-11-17(21-2)18(12-14)22-3/h4-5,7-9,11-12,16H,6,10,19H2,1-3H3. The van der Waals surface area contributed by atoms with E-state index in [1.165, 1.54) is 5.56 Å². The van der Waals surface area contributed by atoms with Crippen molar-refractivity contribution in [2.75, 3.05) is 21.3 Å². The van der Waals surface area contributed by atoms with Gasteiger partial charge in [0.25, 0.3) is 0 Å². The second kappa shape index (κ2) is 7.71. The highest BCUT2D eigenvalue weighted by molar-refractivity contribution is 5.43. The maximum absolute atomic E-state index is 6.29. The van der Waals surface area contributed by atoms with E-state index in [1.807, 2.05) is 30.3 Å². The molecule has 4 nitrogen and oxygen atoms in total. The molecule has 0 aliphatic carbocycles. The van der Waals surface area contributed by atoms with Gasteiger partial charge in [-0.25, -0.2) is 0 Å². The van der Waals surface area contributed by atoms with E-state index < -0.39 is 0 Å². The Labute approximate surface area is 131 Å². The Hall–Kier alpha value is -2.20. The number of methoxy groups -OCH3 is 3. The van der Waals surface area contributed by atoms with Gasteiger partial charge in [-0.3, -0.25) is 0 Å². The van der Waals surface area contributed by atoms with Crippen molar-refractivity contribution in [3.63, 3.8) is 0 Å². The first-order valence-corrected chi connectivity index (χ1v) is 7.28. The topological polar surface area (TPSA) is 53.7 Å². The molecule has 0 heterocycles. The van der Waals surface area contributed by atoms with Crippen molar-refractivity contribution in [1.29, 1.82) is 0 Å². The predicted octanol–water partition coefficient (Wildman–Crippen LogP) is 3.35. The molecule has 2 rings (SSSR count). The summed E-state index contributed by atoms with van der Waals surface area (Å²) >= 11 is 0. The van der Waals surface area contributed by atoms with Crippen LogP contribution in [0.1, 0.15) is 23.6 Å². The average molecular weight is 301 g/mol. The van der Waals surface area contributed by atoms with Crippen molar-refractivity contribution in [3.05, 3.63) is 53.6 Å². The lowest BCUT2D eigenvalue weighted by Crippen LogP contribution is -2.11. The minimum atomic E-state index is -0.0399. The van der Waals surface area contributed by atoms with Crippen LogP contribution in [0.2, 0.25) is 0 Å². The molecular weight excluding hydrogens is 278 g/mol. The van der Waals surface area contributed by atoms with Gasteiger partial charge in [-0.2, -0.15) is 0 Å². The van der Waals surface area contributed by atoms with E-state index in [0.717, 1.165) is 24.2 Å². The van der Waals surface area contributed by atoms with Crippen LogP contribution in [0, 0.1) is 0 Å². The first kappa shape index (κ1) is 16.2. The first-order chi connectivity index (χ1) is 10.7. The second-order valence-corrected chi connectivity index (χ2v) is 5.11. The van der Waals surface area contributed by atoms with Crippen LogP contribution < -0.4 is 19.9 Å². The van der Waals surface area contributed by atoms with E-state index in [9.17, 15) is 0 Å². The van der Waals surface area contributed by atoms with Crippen molar-refractivity contribution >= 4 is 0 Å². The van der Waals surface area contributed by atoms with E-state index in [2.05, 4.69) is 12.1 Å². The van der Waals surface area contributed by atoms with Gasteiger partial charge in [0.05, 0.1) is 21.3 Å². The maximum Gasteiger partial charge on any atom is 0.161 e. The molecule has 0 aliphatic rings. The molecule has 0 radical (unpaired) electrons. The quantitative estimate of drug-likeness (QED) is 0.852. The van der Waals surface area contributed by atoms with Crippen LogP contribution in [0.3, 0.4) is 0 Å². The fourth-order valence-corrected chi connectivity index (χ4v) is 2.36. The Balaban J connectivity index is 2.00. The third-order valence-electron chi connectivity index (χ3n) is 3.74. The van der Waals surface area contributed by atoms with Gasteiger partial charge in [0.15, 0.2) is 11.5 Å². The highest BCUT2D eigenvalue weighted by atomic mass is 16.5. The van der Waals surface area contributed by atoms with Crippen LogP contribution in [0.15, 0.2) is 42.5 Å². The first-order valence-electron chi connectivity index (χ1n) is 7.28. The highest BCUT2D eigenvalue weighted by Crippen LogP contribution is 2.30. The third kappa shape index (κ3) is 3.92. The highest BCUT2D eigenvalue weighted by Gasteiger charge is 2.11. The van der Waals surface area contributed by atoms with Gasteiger partial charge >= 0.3 is 0 Å². The smallest absolute Gasteiger partial charge is 0.161 e. The summed E-state index contributed by atoms with van der Waals surface area (Å²) in [6, 6.07) is 13.9. The van der Waals surface area contributed by atoms with E-state index in [0.29, 0.717) is 11.5 Å². The Kier molecular flexibility index (Phi) is 5.67. The molecule has 0 saturated heterocycles. The fourth-order valence-electron chi connectivity index (χ4n) is 2.36. The van der Waals surface area contributed by atoms with Gasteiger partial charge in [-0.1, -0.05) is 18.2 Å². The molecule has 22 heavy (non-hydrogen) atoms. The van der Waals surface area contributed by atoms with Gasteiger partial charge in [-0.15, -0.1) is 0 Å². The predicted molar refractivity (Wildman–Crippen MR) is 87.8 cm³/mol. The Bertz CT molecular complexity index is 596. The zero-order valence-corrected chi connectivity index (χ0v) is 13.3. The van der Waals surface area contributed by atoms with E-state index in [1.54, 1.807) is 21.3 Å². The van der Waals surface area contributed by atoms with Gasteiger partial charge < -0.3 is 19.9 Å². The number of aryl methyl sites for hydroxylation is 1. The summed E-state index contributed by atoms with van der Waals surface area (Å²) in [4.78, 5) is 0. The van der Waals surface area contributed by atoms with Gasteiger partial charge in [0, 0.05) is 6.04 Å². The van der Waals surface area contributed by atoms with Crippen molar-refractivity contribution < 1.29 is 14.2 Å². The summed E-state index contributed by atoms with van der Waals surface area (Å²) in [6.07, 6.45) is 1.78. The van der Waals surface area contributed by atoms with Gasteiger partial charge in [0.1, 0.15) is 5.75 Å². The number of ether oxygens (including phenoxy) is 3. The molecule has 0 saturated carbocycles. The van der Waals surface area contributed by atoms with E-state index in [4.69, 9.17) is 19.9 Å². The van der Waals surface area contributed by atoms with E-state index >= 15 is 0 Å². The van der Waals surface area contributed by atoms with Crippen molar-refractivity contribution in [2.45, 2.75) is 18.9 Å². The van der Waals surface area contributed by atoms with Crippen LogP contribution in [0.4, 0.5) is 0 Å². The SMILES string of the molecule is COc1ccc(CCC(N)c2ccc(OC)c(OC)c2)cc1. The molecule has 0 aliphatic heterocycles. The van der Waals surface area contributed by atoms with Crippen LogP contribution in [-0.2, 0) is 6.42 Å². The molecule has 0 aromatic heterocycles. The molecule has 118 valence electrons. The summed E-state index contributed by atoms with van der Waals surface area (Å²) in [5, 5.41) is 0. The monoisotopic (exact) mass is 301 g/mol. The minimum absolute atomic E-state index is 0.0399. The van der Waals surface area contributed by atoms with Gasteiger partial charge in [-0.05, 0) is 48.2 Å². The van der Waals surface area contributed by atoms with E-state index in [-0.39, 0.29) is 6.04 Å². The number of rotatable bonds is 7. The van der Waals surface area contributed by atoms with Gasteiger partial charge in [0.2, 0.25) is 0 Å². The van der Waals surface area contributed by atoms with Crippen LogP contribution in [0.25, 0.3) is 0 Å². The summed E-state index contributed by atoms with van der Waals surface area (Å²) in [5.74, 6) is 2.29. The molecule has 2 aromatic rings. The number of hydrogen-bond donors (Lipinski definition) is 1. The average Bonchev–Trinajstić information content (AvgIpc) is 2.59. The molecule has 1 unspecified atom stereocenters. The lowest BCUT2D eigenvalue weighted by molar-refractivity contribution is 0.354. The molecule has 2 N–H and O–H groups in total. The Morgan fingerprint density at radius 3 is 2.14 bits per heavy atom. The Morgan fingerprint density at radius 1 is 0.864 bits per heavy atom. The number of benzene rings is 2. The molecule has 2 aromatic carbocycles. The summed E-state index contributed by atoms with van der Waals surface area (Å²) in [5.41, 5.74) is 8.59. The lowest BCUT2D eigenvalue weighted by atomic mass is 9.99. The molecule has 0 spiro atoms. The maximum atomic E-state index is 6.29. The van der Waals surface area contributed by atoms with Crippen LogP contribution in [0.5, 0.6) is 17.2 Å². The normalized spacial score (nSPS) is 11.8. The largest absolute Gasteiger partial charge is 0.497 e. The number of nitrogens with two attached hydrogens (primary N) is 1. The minimum Gasteiger partial charge on any atom is -0.497 e. The van der Waals surface area contributed by atoms with Crippen molar-refractivity contribution in [2.24, 2.45) is 5.73 Å². The van der Waals surface area contributed by atoms with Crippen LogP contribution >= 0.6 is 0 Å². The van der Waals surface area contributed by atoms with Crippen molar-refractivity contribution in [1.82, 2.24) is 0 Å². The Morgan fingerprint density at radius 2 is 1.55 bits per heavy atom. The number of hydrogen-bond acceptors (Lipinski definition) is 4. The zero-order chi connectivity index (χ0) is 15.9. The molecule has 4 heteroatoms. The molecular formula is C18H23NO3. The molecule has 0 fully saturated rings. The van der Waals surface area contributed by atoms with Crippen molar-refractivity contribution in [3.8, 4) is 17.2 Å². The summed E-state index contributed by atoms with van der Waals surface area (Å²) in [6.45, 7) is 0. The summed E-state index contributed by atoms with van der Waals surface area (Å²) < 4.78 is 15.7. The third-order valence-corrected chi connectivity index (χ3v) is 3.74.